The molecule has 4 aromatic heterocycles. The lowest BCUT2D eigenvalue weighted by molar-refractivity contribution is 1.07. The molecule has 12 aromatic rings. The minimum absolute atomic E-state index is 0.606. The van der Waals surface area contributed by atoms with Gasteiger partial charge in [0.05, 0.1) is 22.2 Å². The zero-order valence-electron chi connectivity index (χ0n) is 31.0. The highest BCUT2D eigenvalue weighted by Crippen LogP contribution is 2.44. The minimum atomic E-state index is 0.606. The first kappa shape index (κ1) is 32.7. The molecule has 0 bridgehead atoms. The largest absolute Gasteiger partial charge is 0.309 e. The summed E-state index contributed by atoms with van der Waals surface area (Å²) in [7, 11) is 0. The normalized spacial score (nSPS) is 11.8. The van der Waals surface area contributed by atoms with Gasteiger partial charge < -0.3 is 4.57 Å². The van der Waals surface area contributed by atoms with Crippen LogP contribution in [0, 0.1) is 0 Å². The molecule has 5 nitrogen and oxygen atoms in total. The van der Waals surface area contributed by atoms with Crippen molar-refractivity contribution in [2.24, 2.45) is 0 Å². The van der Waals surface area contributed by atoms with Crippen molar-refractivity contribution in [2.75, 3.05) is 0 Å². The van der Waals surface area contributed by atoms with Gasteiger partial charge in [0.2, 0.25) is 0 Å². The predicted octanol–water partition coefficient (Wildman–Crippen LogP) is 13.7. The van der Waals surface area contributed by atoms with Gasteiger partial charge in [-0.15, -0.1) is 11.3 Å². The van der Waals surface area contributed by atoms with Crippen LogP contribution in [0.4, 0.5) is 0 Å². The highest BCUT2D eigenvalue weighted by molar-refractivity contribution is 7.26. The summed E-state index contributed by atoms with van der Waals surface area (Å²) in [4.78, 5) is 20.9. The van der Waals surface area contributed by atoms with Gasteiger partial charge in [-0.2, -0.15) is 0 Å². The Morgan fingerprint density at radius 3 is 1.69 bits per heavy atom. The summed E-state index contributed by atoms with van der Waals surface area (Å²) in [6, 6.07) is 66.0. The molecule has 0 N–H and O–H groups in total. The molecule has 8 aromatic carbocycles. The molecule has 0 fully saturated rings. The highest BCUT2D eigenvalue weighted by atomic mass is 32.1. The SMILES string of the molecule is c1ccc(-c2nc(-c3ccc(-n4c5ccccc5c5ccccc54)cc3)nc(-c3cccc(-c4nc5c6ccccc6ccc5c5sc6ccccc6c45)c3)n2)cc1. The smallest absolute Gasteiger partial charge is 0.164 e. The van der Waals surface area contributed by atoms with Gasteiger partial charge in [-0.3, -0.25) is 0 Å². The molecule has 12 rings (SSSR count). The molecule has 0 spiro atoms. The van der Waals surface area contributed by atoms with E-state index >= 15 is 0 Å². The van der Waals surface area contributed by atoms with Crippen LogP contribution in [0.15, 0.2) is 188 Å². The van der Waals surface area contributed by atoms with Gasteiger partial charge in [0, 0.05) is 69.7 Å². The molecule has 0 atom stereocenters. The summed E-state index contributed by atoms with van der Waals surface area (Å²) in [5.74, 6) is 1.85. The number of pyridine rings is 1. The molecule has 58 heavy (non-hydrogen) atoms. The second-order valence-electron chi connectivity index (χ2n) is 14.6. The van der Waals surface area contributed by atoms with Crippen LogP contribution in [-0.2, 0) is 0 Å². The fraction of sp³-hybridized carbons (Fsp3) is 0. The van der Waals surface area contributed by atoms with E-state index in [1.165, 1.54) is 52.8 Å². The van der Waals surface area contributed by atoms with E-state index in [9.17, 15) is 0 Å². The topological polar surface area (TPSA) is 56.5 Å². The summed E-state index contributed by atoms with van der Waals surface area (Å²) in [5, 5.41) is 8.35. The molecular weight excluding hydrogens is 727 g/mol. The number of hydrogen-bond donors (Lipinski definition) is 0. The van der Waals surface area contributed by atoms with Crippen LogP contribution < -0.4 is 0 Å². The molecule has 0 unspecified atom stereocenters. The van der Waals surface area contributed by atoms with E-state index in [2.05, 4.69) is 162 Å². The van der Waals surface area contributed by atoms with Crippen molar-refractivity contribution in [2.45, 2.75) is 0 Å². The van der Waals surface area contributed by atoms with Crippen LogP contribution in [0.2, 0.25) is 0 Å². The maximum atomic E-state index is 5.51. The van der Waals surface area contributed by atoms with Crippen molar-refractivity contribution < 1.29 is 0 Å². The van der Waals surface area contributed by atoms with E-state index in [0.717, 1.165) is 44.5 Å². The van der Waals surface area contributed by atoms with E-state index in [1.54, 1.807) is 0 Å². The lowest BCUT2D eigenvalue weighted by atomic mass is 9.99. The Morgan fingerprint density at radius 1 is 0.379 bits per heavy atom. The summed E-state index contributed by atoms with van der Waals surface area (Å²) < 4.78 is 4.82. The summed E-state index contributed by atoms with van der Waals surface area (Å²) in [6.45, 7) is 0. The van der Waals surface area contributed by atoms with E-state index in [1.807, 2.05) is 41.7 Å². The second-order valence-corrected chi connectivity index (χ2v) is 15.7. The van der Waals surface area contributed by atoms with Crippen molar-refractivity contribution in [3.63, 3.8) is 0 Å². The summed E-state index contributed by atoms with van der Waals surface area (Å²) in [5.41, 5.74) is 9.14. The lowest BCUT2D eigenvalue weighted by Crippen LogP contribution is -2.01. The van der Waals surface area contributed by atoms with Gasteiger partial charge in [0.25, 0.3) is 0 Å². The molecule has 0 amide bonds. The number of hydrogen-bond acceptors (Lipinski definition) is 5. The van der Waals surface area contributed by atoms with E-state index in [-0.39, 0.29) is 0 Å². The zero-order valence-corrected chi connectivity index (χ0v) is 31.9. The molecule has 0 radical (unpaired) electrons. The Hall–Kier alpha value is -7.54. The third kappa shape index (κ3) is 5.16. The molecule has 0 saturated carbocycles. The molecule has 0 aliphatic heterocycles. The molecule has 6 heteroatoms. The highest BCUT2D eigenvalue weighted by Gasteiger charge is 2.20. The van der Waals surface area contributed by atoms with Gasteiger partial charge >= 0.3 is 0 Å². The van der Waals surface area contributed by atoms with Crippen molar-refractivity contribution in [3.05, 3.63) is 188 Å². The van der Waals surface area contributed by atoms with Gasteiger partial charge in [0.15, 0.2) is 17.5 Å². The number of nitrogens with zero attached hydrogens (tertiary/aromatic N) is 5. The van der Waals surface area contributed by atoms with Gasteiger partial charge in [-0.25, -0.2) is 19.9 Å². The third-order valence-electron chi connectivity index (χ3n) is 11.2. The first-order valence-electron chi connectivity index (χ1n) is 19.4. The number of fused-ring (bicyclic) bond motifs is 10. The van der Waals surface area contributed by atoms with Crippen molar-refractivity contribution in [3.8, 4) is 51.1 Å². The van der Waals surface area contributed by atoms with Gasteiger partial charge in [-0.05, 0) is 53.9 Å². The standard InChI is InChI=1S/C52H31N5S/c1-2-14-33(15-3-1)50-54-51(34-25-28-37(29-26-34)57-43-22-9-6-19-39(43)40-20-7-10-23-44(40)57)56-52(55-50)36-17-12-16-35(31-36)47-46-41-21-8-11-24-45(41)58-49(46)42-30-27-32-13-4-5-18-38(32)48(42)53-47/h1-31H. The third-order valence-corrected chi connectivity index (χ3v) is 12.4. The number of para-hydroxylation sites is 2. The van der Waals surface area contributed by atoms with Crippen molar-refractivity contribution in [1.29, 1.82) is 0 Å². The number of rotatable bonds is 5. The summed E-state index contributed by atoms with van der Waals surface area (Å²) in [6.07, 6.45) is 0. The van der Waals surface area contributed by atoms with E-state index in [4.69, 9.17) is 19.9 Å². The van der Waals surface area contributed by atoms with Crippen molar-refractivity contribution >= 4 is 75.0 Å². The predicted molar refractivity (Wildman–Crippen MR) is 242 cm³/mol. The van der Waals surface area contributed by atoms with Crippen LogP contribution >= 0.6 is 11.3 Å². The van der Waals surface area contributed by atoms with Crippen LogP contribution in [0.25, 0.3) is 115 Å². The molecule has 4 heterocycles. The van der Waals surface area contributed by atoms with Crippen LogP contribution in [0.5, 0.6) is 0 Å². The monoisotopic (exact) mass is 757 g/mol. The maximum Gasteiger partial charge on any atom is 0.164 e. The number of benzene rings is 8. The Kier molecular flexibility index (Phi) is 7.33. The number of thiophene rings is 1. The Morgan fingerprint density at radius 2 is 0.948 bits per heavy atom. The average molecular weight is 758 g/mol. The van der Waals surface area contributed by atoms with E-state index in [0.29, 0.717) is 17.5 Å². The minimum Gasteiger partial charge on any atom is -0.309 e. The van der Waals surface area contributed by atoms with Crippen LogP contribution in [0.3, 0.4) is 0 Å². The van der Waals surface area contributed by atoms with Crippen LogP contribution in [0.1, 0.15) is 0 Å². The Bertz CT molecular complexity index is 3510. The molecule has 0 aliphatic carbocycles. The van der Waals surface area contributed by atoms with Crippen molar-refractivity contribution in [1.82, 2.24) is 24.5 Å². The fourth-order valence-corrected chi connectivity index (χ4v) is 9.75. The molecule has 270 valence electrons. The molecule has 0 aliphatic rings. The maximum absolute atomic E-state index is 5.51. The number of aromatic nitrogens is 5. The van der Waals surface area contributed by atoms with E-state index < -0.39 is 0 Å². The molecular formula is C52H31N5S. The first-order valence-corrected chi connectivity index (χ1v) is 20.2. The molecule has 0 saturated heterocycles. The summed E-state index contributed by atoms with van der Waals surface area (Å²) >= 11 is 1.83. The first-order chi connectivity index (χ1) is 28.7. The zero-order chi connectivity index (χ0) is 38.2. The Balaban J connectivity index is 1.03. The quantitative estimate of drug-likeness (QED) is 0.164. The Labute approximate surface area is 337 Å². The lowest BCUT2D eigenvalue weighted by Gasteiger charge is -2.12. The van der Waals surface area contributed by atoms with Gasteiger partial charge in [0.1, 0.15) is 0 Å². The van der Waals surface area contributed by atoms with Crippen LogP contribution in [-0.4, -0.2) is 24.5 Å². The average Bonchev–Trinajstić information content (AvgIpc) is 3.86. The fourth-order valence-electron chi connectivity index (χ4n) is 8.52. The van der Waals surface area contributed by atoms with Gasteiger partial charge in [-0.1, -0.05) is 140 Å². The second kappa shape index (κ2) is 13.0.